The molecule has 0 aromatic heterocycles. The number of halogens is 1. The van der Waals surface area contributed by atoms with Gasteiger partial charge in [-0.3, -0.25) is 0 Å². The lowest BCUT2D eigenvalue weighted by molar-refractivity contribution is 0.574. The molecule has 1 nitrogen and oxygen atoms in total. The molecule has 0 amide bonds. The van der Waals surface area contributed by atoms with E-state index in [9.17, 15) is 0 Å². The van der Waals surface area contributed by atoms with Crippen LogP contribution in [0.2, 0.25) is 5.02 Å². The summed E-state index contributed by atoms with van der Waals surface area (Å²) in [5.41, 5.74) is 5.27. The van der Waals surface area contributed by atoms with Crippen LogP contribution >= 0.6 is 11.6 Å². The second kappa shape index (κ2) is 6.23. The van der Waals surface area contributed by atoms with Crippen molar-refractivity contribution in [3.8, 4) is 0 Å². The van der Waals surface area contributed by atoms with Crippen LogP contribution < -0.4 is 5.32 Å². The highest BCUT2D eigenvalue weighted by Gasteiger charge is 2.05. The van der Waals surface area contributed by atoms with Crippen molar-refractivity contribution < 1.29 is 0 Å². The van der Waals surface area contributed by atoms with Crippen molar-refractivity contribution in [3.05, 3.63) is 69.7 Å². The first-order valence-electron chi connectivity index (χ1n) is 6.61. The van der Waals surface area contributed by atoms with Gasteiger partial charge in [0.05, 0.1) is 0 Å². The lowest BCUT2D eigenvalue weighted by atomic mass is 10.1. The topological polar surface area (TPSA) is 12.0 Å². The van der Waals surface area contributed by atoms with Gasteiger partial charge >= 0.3 is 0 Å². The molecule has 2 heteroatoms. The number of hydrogen-bond acceptors (Lipinski definition) is 1. The standard InChI is InChI=1S/C17H20ClN/c1-12-4-5-15(10-13(12)2)11-19-14(3)16-6-8-17(18)9-7-16/h4-10,14,19H,11H2,1-3H3/t14-/m0/s1. The number of hydrogen-bond donors (Lipinski definition) is 1. The van der Waals surface area contributed by atoms with Gasteiger partial charge in [-0.15, -0.1) is 0 Å². The molecule has 0 aliphatic heterocycles. The number of rotatable bonds is 4. The average molecular weight is 274 g/mol. The molecule has 0 saturated carbocycles. The molecule has 0 bridgehead atoms. The van der Waals surface area contributed by atoms with Gasteiger partial charge < -0.3 is 5.32 Å². The van der Waals surface area contributed by atoms with E-state index in [-0.39, 0.29) is 0 Å². The monoisotopic (exact) mass is 273 g/mol. The Balaban J connectivity index is 1.98. The summed E-state index contributed by atoms with van der Waals surface area (Å²) in [7, 11) is 0. The van der Waals surface area contributed by atoms with Crippen molar-refractivity contribution in [1.29, 1.82) is 0 Å². The molecule has 0 saturated heterocycles. The highest BCUT2D eigenvalue weighted by molar-refractivity contribution is 6.30. The van der Waals surface area contributed by atoms with Crippen molar-refractivity contribution in [2.24, 2.45) is 0 Å². The van der Waals surface area contributed by atoms with Gasteiger partial charge in [-0.25, -0.2) is 0 Å². The van der Waals surface area contributed by atoms with Gasteiger partial charge in [-0.2, -0.15) is 0 Å². The minimum Gasteiger partial charge on any atom is -0.306 e. The van der Waals surface area contributed by atoms with Crippen LogP contribution in [0.15, 0.2) is 42.5 Å². The van der Waals surface area contributed by atoms with Crippen LogP contribution in [-0.4, -0.2) is 0 Å². The van der Waals surface area contributed by atoms with E-state index < -0.39 is 0 Å². The summed E-state index contributed by atoms with van der Waals surface area (Å²) >= 11 is 5.90. The first-order valence-corrected chi connectivity index (χ1v) is 6.99. The van der Waals surface area contributed by atoms with Crippen LogP contribution in [0.3, 0.4) is 0 Å². The van der Waals surface area contributed by atoms with Gasteiger partial charge in [0.15, 0.2) is 0 Å². The first kappa shape index (κ1) is 14.1. The molecule has 2 aromatic carbocycles. The second-order valence-corrected chi connectivity index (χ2v) is 5.51. The van der Waals surface area contributed by atoms with Gasteiger partial charge in [-0.05, 0) is 55.2 Å². The van der Waals surface area contributed by atoms with Gasteiger partial charge in [0.2, 0.25) is 0 Å². The Kier molecular flexibility index (Phi) is 4.62. The van der Waals surface area contributed by atoms with Gasteiger partial charge in [-0.1, -0.05) is 41.9 Å². The predicted octanol–water partition coefficient (Wildman–Crippen LogP) is 4.81. The summed E-state index contributed by atoms with van der Waals surface area (Å²) in [6, 6.07) is 14.9. The van der Waals surface area contributed by atoms with Crippen molar-refractivity contribution in [1.82, 2.24) is 5.32 Å². The summed E-state index contributed by atoms with van der Waals surface area (Å²) in [5.74, 6) is 0. The number of nitrogens with one attached hydrogen (secondary N) is 1. The number of benzene rings is 2. The molecular weight excluding hydrogens is 254 g/mol. The molecule has 0 unspecified atom stereocenters. The molecule has 0 heterocycles. The van der Waals surface area contributed by atoms with E-state index in [0.29, 0.717) is 6.04 Å². The Labute approximate surface area is 120 Å². The van der Waals surface area contributed by atoms with Gasteiger partial charge in [0, 0.05) is 17.6 Å². The molecule has 0 spiro atoms. The van der Waals surface area contributed by atoms with Crippen molar-refractivity contribution in [2.75, 3.05) is 0 Å². The Morgan fingerprint density at radius 3 is 2.32 bits per heavy atom. The maximum Gasteiger partial charge on any atom is 0.0406 e. The third kappa shape index (κ3) is 3.82. The third-order valence-corrected chi connectivity index (χ3v) is 3.81. The van der Waals surface area contributed by atoms with Crippen molar-refractivity contribution in [2.45, 2.75) is 33.4 Å². The fourth-order valence-corrected chi connectivity index (χ4v) is 2.18. The van der Waals surface area contributed by atoms with E-state index in [2.05, 4.69) is 56.4 Å². The minimum atomic E-state index is 0.318. The van der Waals surface area contributed by atoms with Crippen LogP contribution in [0.1, 0.15) is 35.2 Å². The van der Waals surface area contributed by atoms with Gasteiger partial charge in [0.1, 0.15) is 0 Å². The number of aryl methyl sites for hydroxylation is 2. The van der Waals surface area contributed by atoms with Crippen LogP contribution in [-0.2, 0) is 6.54 Å². The van der Waals surface area contributed by atoms with E-state index in [1.165, 1.54) is 22.3 Å². The third-order valence-electron chi connectivity index (χ3n) is 3.55. The lowest BCUT2D eigenvalue weighted by Gasteiger charge is -2.15. The summed E-state index contributed by atoms with van der Waals surface area (Å²) in [6.45, 7) is 7.35. The van der Waals surface area contributed by atoms with E-state index in [1.807, 2.05) is 12.1 Å². The SMILES string of the molecule is Cc1ccc(CN[C@@H](C)c2ccc(Cl)cc2)cc1C. The molecule has 0 aliphatic rings. The van der Waals surface area contributed by atoms with Crippen LogP contribution in [0.5, 0.6) is 0 Å². The molecule has 2 rings (SSSR count). The predicted molar refractivity (Wildman–Crippen MR) is 82.6 cm³/mol. The van der Waals surface area contributed by atoms with E-state index in [4.69, 9.17) is 11.6 Å². The Hall–Kier alpha value is -1.31. The molecule has 2 aromatic rings. The van der Waals surface area contributed by atoms with E-state index >= 15 is 0 Å². The highest BCUT2D eigenvalue weighted by Crippen LogP contribution is 2.17. The second-order valence-electron chi connectivity index (χ2n) is 5.07. The minimum absolute atomic E-state index is 0.318. The fraction of sp³-hybridized carbons (Fsp3) is 0.294. The highest BCUT2D eigenvalue weighted by atomic mass is 35.5. The zero-order chi connectivity index (χ0) is 13.8. The van der Waals surface area contributed by atoms with Crippen molar-refractivity contribution in [3.63, 3.8) is 0 Å². The fourth-order valence-electron chi connectivity index (χ4n) is 2.05. The van der Waals surface area contributed by atoms with E-state index in [0.717, 1.165) is 11.6 Å². The smallest absolute Gasteiger partial charge is 0.0406 e. The molecular formula is C17H20ClN. The lowest BCUT2D eigenvalue weighted by Crippen LogP contribution is -2.18. The Bertz CT molecular complexity index is 546. The largest absolute Gasteiger partial charge is 0.306 e. The van der Waals surface area contributed by atoms with Crippen LogP contribution in [0, 0.1) is 13.8 Å². The van der Waals surface area contributed by atoms with Crippen LogP contribution in [0.4, 0.5) is 0 Å². The molecule has 0 radical (unpaired) electrons. The summed E-state index contributed by atoms with van der Waals surface area (Å²) < 4.78 is 0. The maximum atomic E-state index is 5.90. The normalized spacial score (nSPS) is 12.4. The average Bonchev–Trinajstić information content (AvgIpc) is 2.40. The summed E-state index contributed by atoms with van der Waals surface area (Å²) in [6.07, 6.45) is 0. The van der Waals surface area contributed by atoms with E-state index in [1.54, 1.807) is 0 Å². The Morgan fingerprint density at radius 2 is 1.68 bits per heavy atom. The Morgan fingerprint density at radius 1 is 1.00 bits per heavy atom. The molecule has 1 N–H and O–H groups in total. The molecule has 0 fully saturated rings. The maximum absolute atomic E-state index is 5.90. The zero-order valence-electron chi connectivity index (χ0n) is 11.7. The summed E-state index contributed by atoms with van der Waals surface area (Å²) in [5, 5.41) is 4.32. The zero-order valence-corrected chi connectivity index (χ0v) is 12.5. The molecule has 19 heavy (non-hydrogen) atoms. The molecule has 100 valence electrons. The quantitative estimate of drug-likeness (QED) is 0.843. The van der Waals surface area contributed by atoms with Crippen LogP contribution in [0.25, 0.3) is 0 Å². The van der Waals surface area contributed by atoms with Crippen molar-refractivity contribution >= 4 is 11.6 Å². The molecule has 0 aliphatic carbocycles. The first-order chi connectivity index (χ1) is 9.06. The molecule has 1 atom stereocenters. The summed E-state index contributed by atoms with van der Waals surface area (Å²) in [4.78, 5) is 0. The van der Waals surface area contributed by atoms with Gasteiger partial charge in [0.25, 0.3) is 0 Å².